The van der Waals surface area contributed by atoms with Gasteiger partial charge in [-0.05, 0) is 51.1 Å². The first kappa shape index (κ1) is 22.0. The van der Waals surface area contributed by atoms with Crippen LogP contribution >= 0.6 is 0 Å². The first-order chi connectivity index (χ1) is 16.2. The van der Waals surface area contributed by atoms with Gasteiger partial charge < -0.3 is 20.7 Å². The van der Waals surface area contributed by atoms with Gasteiger partial charge in [-0.3, -0.25) is 15.7 Å². The van der Waals surface area contributed by atoms with Crippen LogP contribution in [0.4, 0.5) is 22.9 Å². The Balaban J connectivity index is 1.65. The number of nitrogens with zero attached hydrogens (tertiary/aromatic N) is 5. The normalized spacial score (nSPS) is 12.7. The summed E-state index contributed by atoms with van der Waals surface area (Å²) in [5.74, 6) is 1.11. The summed E-state index contributed by atoms with van der Waals surface area (Å²) in [4.78, 5) is 5.70. The largest absolute Gasteiger partial charge is 0.491 e. The Labute approximate surface area is 191 Å². The van der Waals surface area contributed by atoms with Gasteiger partial charge in [0.05, 0.1) is 36.9 Å². The molecule has 5 N–H and O–H groups in total. The van der Waals surface area contributed by atoms with Gasteiger partial charge >= 0.3 is 0 Å². The number of hydrogen-bond donors (Lipinski definition) is 5. The van der Waals surface area contributed by atoms with Gasteiger partial charge in [-0.2, -0.15) is 9.78 Å². The van der Waals surface area contributed by atoms with Gasteiger partial charge in [0.25, 0.3) is 0 Å². The molecule has 11 nitrogen and oxygen atoms in total. The zero-order valence-electron chi connectivity index (χ0n) is 18.3. The van der Waals surface area contributed by atoms with Crippen molar-refractivity contribution in [3.63, 3.8) is 0 Å². The number of fused-ring (bicyclic) bond motifs is 1. The zero-order valence-corrected chi connectivity index (χ0v) is 18.3. The fourth-order valence-corrected chi connectivity index (χ4v) is 3.33. The van der Waals surface area contributed by atoms with Crippen LogP contribution in [0.5, 0.6) is 5.75 Å². The average molecular weight is 447 g/mol. The van der Waals surface area contributed by atoms with E-state index >= 15 is 0 Å². The number of imidazole rings is 1. The second kappa shape index (κ2) is 9.97. The molecule has 0 amide bonds. The van der Waals surface area contributed by atoms with E-state index in [0.717, 1.165) is 44.2 Å². The molecule has 0 bridgehead atoms. The number of benzene rings is 1. The Bertz CT molecular complexity index is 1190. The fourth-order valence-electron chi connectivity index (χ4n) is 3.33. The minimum Gasteiger partial charge on any atom is -0.491 e. The van der Waals surface area contributed by atoms with Crippen molar-refractivity contribution >= 4 is 41.2 Å². The molecular formula is C22H26N10O. The van der Waals surface area contributed by atoms with Crippen molar-refractivity contribution in [3.8, 4) is 11.8 Å². The van der Waals surface area contributed by atoms with Crippen molar-refractivity contribution in [1.82, 2.24) is 19.9 Å². The molecule has 1 aromatic carbocycles. The van der Waals surface area contributed by atoms with Crippen LogP contribution in [0, 0.1) is 22.1 Å². The van der Waals surface area contributed by atoms with E-state index < -0.39 is 0 Å². The van der Waals surface area contributed by atoms with Crippen LogP contribution < -0.4 is 25.6 Å². The van der Waals surface area contributed by atoms with Crippen LogP contribution in [-0.2, 0) is 0 Å². The van der Waals surface area contributed by atoms with Gasteiger partial charge in [0.1, 0.15) is 11.8 Å². The Morgan fingerprint density at radius 1 is 1.30 bits per heavy atom. The summed E-state index contributed by atoms with van der Waals surface area (Å²) in [6, 6.07) is 9.84. The van der Waals surface area contributed by atoms with Crippen LogP contribution in [0.15, 0.2) is 30.5 Å². The molecule has 33 heavy (non-hydrogen) atoms. The van der Waals surface area contributed by atoms with Crippen molar-refractivity contribution in [3.05, 3.63) is 36.2 Å². The summed E-state index contributed by atoms with van der Waals surface area (Å²) in [5, 5.41) is 39.0. The van der Waals surface area contributed by atoms with Crippen LogP contribution in [0.1, 0.15) is 25.0 Å². The van der Waals surface area contributed by atoms with E-state index in [1.165, 1.54) is 15.6 Å². The van der Waals surface area contributed by atoms with Gasteiger partial charge in [0.2, 0.25) is 0 Å². The molecule has 0 atom stereocenters. The van der Waals surface area contributed by atoms with Crippen LogP contribution in [-0.4, -0.2) is 53.5 Å². The number of aromatic nitrogens is 3. The maximum Gasteiger partial charge on any atom is 0.178 e. The van der Waals surface area contributed by atoms with Crippen molar-refractivity contribution in [2.75, 3.05) is 35.7 Å². The molecule has 0 aliphatic heterocycles. The number of anilines is 4. The summed E-state index contributed by atoms with van der Waals surface area (Å²) in [5.41, 5.74) is 3.02. The highest BCUT2D eigenvalue weighted by Crippen LogP contribution is 2.33. The number of hydrogen-bond acceptors (Lipinski definition) is 9. The minimum absolute atomic E-state index is 0.345. The van der Waals surface area contributed by atoms with Crippen molar-refractivity contribution in [2.45, 2.75) is 25.3 Å². The Hall–Kier alpha value is -4.17. The van der Waals surface area contributed by atoms with Crippen molar-refractivity contribution < 1.29 is 4.74 Å². The highest BCUT2D eigenvalue weighted by atomic mass is 16.5. The predicted molar refractivity (Wildman–Crippen MR) is 128 cm³/mol. The van der Waals surface area contributed by atoms with E-state index in [1.807, 2.05) is 19.2 Å². The standard InChI is InChI=1S/C22H26N10O/c1-26-7-2-8-33-20-6-5-16(9-19(20)31(13-24)14-25)29-21-10-18(28-15-3-4-15)22-27-12-17(11-23)32(22)30-21/h5-6,9-10,12-15,24-26,28H,2-4,7-8H2,1H3,(H,29,30). The molecule has 0 unspecified atom stereocenters. The van der Waals surface area contributed by atoms with Crippen LogP contribution in [0.25, 0.3) is 5.65 Å². The van der Waals surface area contributed by atoms with Crippen molar-refractivity contribution in [1.29, 1.82) is 16.1 Å². The molecule has 1 fully saturated rings. The lowest BCUT2D eigenvalue weighted by Gasteiger charge is -2.19. The second-order valence-electron chi connectivity index (χ2n) is 7.63. The monoisotopic (exact) mass is 446 g/mol. The minimum atomic E-state index is 0.345. The number of rotatable bonds is 12. The molecule has 2 aromatic heterocycles. The molecule has 3 aromatic rings. The predicted octanol–water partition coefficient (Wildman–Crippen LogP) is 2.93. The van der Waals surface area contributed by atoms with Crippen molar-refractivity contribution in [2.24, 2.45) is 0 Å². The van der Waals surface area contributed by atoms with E-state index in [0.29, 0.717) is 46.9 Å². The Kier molecular flexibility index (Phi) is 6.66. The summed E-state index contributed by atoms with van der Waals surface area (Å²) < 4.78 is 7.41. The molecule has 1 aliphatic rings. The van der Waals surface area contributed by atoms with Gasteiger partial charge in [-0.25, -0.2) is 4.98 Å². The molecule has 1 aliphatic carbocycles. The SMILES string of the molecule is CNCCCOc1ccc(Nc2cc(NC3CC3)c3ncc(C#N)n3n2)cc1N(C=N)C=N. The van der Waals surface area contributed by atoms with E-state index in [4.69, 9.17) is 15.6 Å². The first-order valence-corrected chi connectivity index (χ1v) is 10.7. The molecule has 0 radical (unpaired) electrons. The third-order valence-electron chi connectivity index (χ3n) is 5.14. The van der Waals surface area contributed by atoms with Gasteiger partial charge in [-0.15, -0.1) is 5.10 Å². The smallest absolute Gasteiger partial charge is 0.178 e. The maximum atomic E-state index is 9.42. The van der Waals surface area contributed by atoms with Gasteiger partial charge in [-0.1, -0.05) is 0 Å². The molecular weight excluding hydrogens is 420 g/mol. The molecule has 2 heterocycles. The van der Waals surface area contributed by atoms with E-state index in [1.54, 1.807) is 12.1 Å². The summed E-state index contributed by atoms with van der Waals surface area (Å²) >= 11 is 0. The fraction of sp³-hybridized carbons (Fsp3) is 0.318. The maximum absolute atomic E-state index is 9.42. The second-order valence-corrected chi connectivity index (χ2v) is 7.63. The lowest BCUT2D eigenvalue weighted by molar-refractivity contribution is 0.311. The lowest BCUT2D eigenvalue weighted by Crippen LogP contribution is -2.19. The molecule has 0 saturated heterocycles. The molecule has 4 rings (SSSR count). The van der Waals surface area contributed by atoms with Crippen LogP contribution in [0.3, 0.4) is 0 Å². The lowest BCUT2D eigenvalue weighted by atomic mass is 10.2. The van der Waals surface area contributed by atoms with E-state index in [-0.39, 0.29) is 0 Å². The first-order valence-electron chi connectivity index (χ1n) is 10.7. The molecule has 170 valence electrons. The average Bonchev–Trinajstić information content (AvgIpc) is 3.54. The number of nitrogens with one attached hydrogen (secondary N) is 5. The van der Waals surface area contributed by atoms with E-state index in [9.17, 15) is 5.26 Å². The summed E-state index contributed by atoms with van der Waals surface area (Å²) in [6.45, 7) is 1.34. The quantitative estimate of drug-likeness (QED) is 0.162. The van der Waals surface area contributed by atoms with Gasteiger partial charge in [0, 0.05) is 17.8 Å². The van der Waals surface area contributed by atoms with Gasteiger partial charge in [0.15, 0.2) is 17.2 Å². The van der Waals surface area contributed by atoms with E-state index in [2.05, 4.69) is 32.1 Å². The molecule has 1 saturated carbocycles. The third-order valence-corrected chi connectivity index (χ3v) is 5.14. The number of ether oxygens (including phenoxy) is 1. The highest BCUT2D eigenvalue weighted by Gasteiger charge is 2.23. The Morgan fingerprint density at radius 2 is 2.12 bits per heavy atom. The topological polar surface area (TPSA) is 150 Å². The summed E-state index contributed by atoms with van der Waals surface area (Å²) in [6.07, 6.45) is 6.65. The molecule has 11 heteroatoms. The molecule has 0 spiro atoms. The Morgan fingerprint density at radius 3 is 2.82 bits per heavy atom. The zero-order chi connectivity index (χ0) is 23.2. The third kappa shape index (κ3) is 5.02. The summed E-state index contributed by atoms with van der Waals surface area (Å²) in [7, 11) is 1.89. The van der Waals surface area contributed by atoms with Crippen LogP contribution in [0.2, 0.25) is 0 Å². The highest BCUT2D eigenvalue weighted by molar-refractivity contribution is 6.00. The number of nitriles is 1.